The predicted octanol–water partition coefficient (Wildman–Crippen LogP) is 2.56. The summed E-state index contributed by atoms with van der Waals surface area (Å²) in [6, 6.07) is 4.33. The highest BCUT2D eigenvalue weighted by Crippen LogP contribution is 2.37. The number of phenolic OH excluding ortho intramolecular Hbond substituents is 1. The van der Waals surface area contributed by atoms with Crippen molar-refractivity contribution >= 4 is 11.5 Å². The number of hydrogen-bond acceptors (Lipinski definition) is 5. The molecule has 6 nitrogen and oxygen atoms in total. The maximum atomic E-state index is 12.6. The lowest BCUT2D eigenvalue weighted by Crippen LogP contribution is -2.06. The first-order valence-electron chi connectivity index (χ1n) is 6.20. The van der Waals surface area contributed by atoms with E-state index in [0.717, 1.165) is 12.1 Å². The van der Waals surface area contributed by atoms with Crippen LogP contribution < -0.4 is 5.32 Å². The number of alkyl halides is 3. The minimum Gasteiger partial charge on any atom is -0.507 e. The Morgan fingerprint density at radius 2 is 1.95 bits per heavy atom. The molecule has 2 aromatic heterocycles. The van der Waals surface area contributed by atoms with E-state index in [4.69, 9.17) is 0 Å². The molecular weight excluding hydrogens is 299 g/mol. The normalized spacial score (nSPS) is 11.8. The third kappa shape index (κ3) is 2.20. The Bertz CT molecular complexity index is 843. The first kappa shape index (κ1) is 14.1. The number of rotatable bonds is 2. The number of nitrogens with zero attached hydrogens (tertiary/aromatic N) is 4. The molecule has 0 bridgehead atoms. The molecule has 22 heavy (non-hydrogen) atoms. The van der Waals surface area contributed by atoms with Crippen molar-refractivity contribution in [3.8, 4) is 17.0 Å². The fraction of sp³-hybridized carbons (Fsp3) is 0.154. The Morgan fingerprint density at radius 3 is 2.59 bits per heavy atom. The van der Waals surface area contributed by atoms with E-state index in [9.17, 15) is 18.3 Å². The Balaban J connectivity index is 2.18. The van der Waals surface area contributed by atoms with Crippen molar-refractivity contribution in [3.63, 3.8) is 0 Å². The number of benzene rings is 1. The predicted molar refractivity (Wildman–Crippen MR) is 72.4 cm³/mol. The number of aromatic hydroxyl groups is 1. The summed E-state index contributed by atoms with van der Waals surface area (Å²) < 4.78 is 39.4. The number of fused-ring (bicyclic) bond motifs is 1. The quantitative estimate of drug-likeness (QED) is 0.761. The zero-order valence-corrected chi connectivity index (χ0v) is 11.3. The van der Waals surface area contributed by atoms with Gasteiger partial charge in [-0.25, -0.2) is 0 Å². The number of nitrogens with one attached hydrogen (secondary N) is 1. The summed E-state index contributed by atoms with van der Waals surface area (Å²) in [6.45, 7) is 0. The van der Waals surface area contributed by atoms with E-state index in [2.05, 4.69) is 20.6 Å². The van der Waals surface area contributed by atoms with Gasteiger partial charge in [0.15, 0.2) is 0 Å². The summed E-state index contributed by atoms with van der Waals surface area (Å²) in [7, 11) is 1.64. The average molecular weight is 309 g/mol. The topological polar surface area (TPSA) is 75.3 Å². The average Bonchev–Trinajstić information content (AvgIpc) is 2.95. The van der Waals surface area contributed by atoms with Crippen LogP contribution in [-0.4, -0.2) is 32.0 Å². The molecule has 0 aliphatic carbocycles. The van der Waals surface area contributed by atoms with Crippen molar-refractivity contribution in [1.29, 1.82) is 0 Å². The molecule has 0 atom stereocenters. The second kappa shape index (κ2) is 4.86. The van der Waals surface area contributed by atoms with Gasteiger partial charge < -0.3 is 10.4 Å². The van der Waals surface area contributed by atoms with E-state index >= 15 is 0 Å². The summed E-state index contributed by atoms with van der Waals surface area (Å²) in [5.41, 5.74) is -0.0381. The molecule has 0 spiro atoms. The van der Waals surface area contributed by atoms with Crippen molar-refractivity contribution in [2.24, 2.45) is 0 Å². The molecule has 0 saturated heterocycles. The highest BCUT2D eigenvalue weighted by molar-refractivity contribution is 5.80. The van der Waals surface area contributed by atoms with E-state index in [1.165, 1.54) is 10.7 Å². The molecule has 0 unspecified atom stereocenters. The monoisotopic (exact) mass is 309 g/mol. The zero-order chi connectivity index (χ0) is 15.9. The largest absolute Gasteiger partial charge is 0.507 e. The Hall–Kier alpha value is -2.84. The van der Waals surface area contributed by atoms with Gasteiger partial charge in [0.2, 0.25) is 5.95 Å². The smallest absolute Gasteiger partial charge is 0.416 e. The maximum Gasteiger partial charge on any atom is 0.416 e. The lowest BCUT2D eigenvalue weighted by molar-refractivity contribution is -0.137. The molecule has 0 aliphatic heterocycles. The number of hydrogen-bond donors (Lipinski definition) is 2. The second-order valence-electron chi connectivity index (χ2n) is 4.48. The van der Waals surface area contributed by atoms with E-state index in [0.29, 0.717) is 17.5 Å². The van der Waals surface area contributed by atoms with Gasteiger partial charge in [0.1, 0.15) is 11.4 Å². The molecule has 1 aromatic carbocycles. The van der Waals surface area contributed by atoms with E-state index in [1.807, 2.05) is 0 Å². The third-order valence-electron chi connectivity index (χ3n) is 3.13. The summed E-state index contributed by atoms with van der Waals surface area (Å²) >= 11 is 0. The van der Waals surface area contributed by atoms with Gasteiger partial charge in [0.05, 0.1) is 17.3 Å². The van der Waals surface area contributed by atoms with Crippen LogP contribution in [0.25, 0.3) is 16.8 Å². The second-order valence-corrected chi connectivity index (χ2v) is 4.48. The fourth-order valence-corrected chi connectivity index (χ4v) is 2.10. The molecule has 9 heteroatoms. The molecule has 0 saturated carbocycles. The van der Waals surface area contributed by atoms with E-state index in [-0.39, 0.29) is 11.3 Å². The molecule has 0 amide bonds. The van der Waals surface area contributed by atoms with Crippen LogP contribution in [0.3, 0.4) is 0 Å². The number of aromatic nitrogens is 4. The summed E-state index contributed by atoms with van der Waals surface area (Å²) in [5, 5.41) is 24.6. The molecule has 3 aromatic rings. The zero-order valence-electron chi connectivity index (χ0n) is 11.3. The van der Waals surface area contributed by atoms with Gasteiger partial charge in [0, 0.05) is 12.6 Å². The third-order valence-corrected chi connectivity index (χ3v) is 3.13. The first-order valence-corrected chi connectivity index (χ1v) is 6.20. The van der Waals surface area contributed by atoms with Gasteiger partial charge in [-0.1, -0.05) is 0 Å². The molecule has 0 aliphatic rings. The number of anilines is 1. The van der Waals surface area contributed by atoms with Crippen LogP contribution in [0.1, 0.15) is 5.56 Å². The first-order chi connectivity index (χ1) is 10.4. The van der Waals surface area contributed by atoms with Crippen LogP contribution in [-0.2, 0) is 6.18 Å². The van der Waals surface area contributed by atoms with Crippen molar-refractivity contribution in [3.05, 3.63) is 36.0 Å². The van der Waals surface area contributed by atoms with Crippen LogP contribution in [0.4, 0.5) is 19.1 Å². The van der Waals surface area contributed by atoms with Gasteiger partial charge in [-0.05, 0) is 24.3 Å². The van der Waals surface area contributed by atoms with Gasteiger partial charge in [-0.2, -0.15) is 22.8 Å². The number of phenols is 1. The van der Waals surface area contributed by atoms with Gasteiger partial charge in [-0.3, -0.25) is 0 Å². The Morgan fingerprint density at radius 1 is 1.18 bits per heavy atom. The molecule has 3 rings (SSSR count). The SMILES string of the molecule is CNc1nnc(-c2ccc(C(F)(F)F)cc2O)c2ccnn12. The fourth-order valence-electron chi connectivity index (χ4n) is 2.10. The van der Waals surface area contributed by atoms with Crippen LogP contribution in [0.2, 0.25) is 0 Å². The molecule has 0 fully saturated rings. The molecule has 2 heterocycles. The van der Waals surface area contributed by atoms with Gasteiger partial charge in [-0.15, -0.1) is 10.2 Å². The van der Waals surface area contributed by atoms with Crippen molar-refractivity contribution < 1.29 is 18.3 Å². The molecular formula is C13H10F3N5O. The Kier molecular flexibility index (Phi) is 3.12. The minimum absolute atomic E-state index is 0.147. The van der Waals surface area contributed by atoms with Crippen LogP contribution >= 0.6 is 0 Å². The summed E-state index contributed by atoms with van der Waals surface area (Å²) in [6.07, 6.45) is -3.02. The molecule has 2 N–H and O–H groups in total. The van der Waals surface area contributed by atoms with Gasteiger partial charge in [0.25, 0.3) is 0 Å². The lowest BCUT2D eigenvalue weighted by atomic mass is 10.1. The highest BCUT2D eigenvalue weighted by atomic mass is 19.4. The van der Waals surface area contributed by atoms with Gasteiger partial charge >= 0.3 is 6.18 Å². The molecule has 0 radical (unpaired) electrons. The number of halogens is 3. The van der Waals surface area contributed by atoms with Crippen molar-refractivity contribution in [2.75, 3.05) is 12.4 Å². The standard InChI is InChI=1S/C13H10F3N5O/c1-17-12-20-19-11(9-4-5-18-21(9)12)8-3-2-7(6-10(8)22)13(14,15)16/h2-6,22H,1H3,(H,17,20). The minimum atomic E-state index is -4.52. The van der Waals surface area contributed by atoms with Crippen LogP contribution in [0.15, 0.2) is 30.5 Å². The summed E-state index contributed by atoms with van der Waals surface area (Å²) in [4.78, 5) is 0. The summed E-state index contributed by atoms with van der Waals surface area (Å²) in [5.74, 6) is -0.153. The van der Waals surface area contributed by atoms with E-state index < -0.39 is 17.5 Å². The van der Waals surface area contributed by atoms with Crippen molar-refractivity contribution in [1.82, 2.24) is 19.8 Å². The lowest BCUT2D eigenvalue weighted by Gasteiger charge is -2.11. The van der Waals surface area contributed by atoms with E-state index in [1.54, 1.807) is 13.1 Å². The highest BCUT2D eigenvalue weighted by Gasteiger charge is 2.31. The Labute approximate surface area is 122 Å². The van der Waals surface area contributed by atoms with Crippen LogP contribution in [0, 0.1) is 0 Å². The van der Waals surface area contributed by atoms with Crippen LogP contribution in [0.5, 0.6) is 5.75 Å². The maximum absolute atomic E-state index is 12.6. The molecule has 114 valence electrons. The van der Waals surface area contributed by atoms with Crippen molar-refractivity contribution in [2.45, 2.75) is 6.18 Å².